The van der Waals surface area contributed by atoms with E-state index in [4.69, 9.17) is 10.4 Å². The summed E-state index contributed by atoms with van der Waals surface area (Å²) in [5, 5.41) is 7.90. The highest BCUT2D eigenvalue weighted by Crippen LogP contribution is 2.33. The summed E-state index contributed by atoms with van der Waals surface area (Å²) in [6, 6.07) is 0. The van der Waals surface area contributed by atoms with Crippen molar-refractivity contribution in [3.63, 3.8) is 0 Å². The first kappa shape index (κ1) is 12.0. The summed E-state index contributed by atoms with van der Waals surface area (Å²) in [7, 11) is 0. The van der Waals surface area contributed by atoms with Crippen LogP contribution in [0.1, 0.15) is 40.5 Å². The molecule has 1 heterocycles. The first-order valence-electron chi connectivity index (χ1n) is 6.30. The Bertz CT molecular complexity index is 489. The Morgan fingerprint density at radius 2 is 2.00 bits per heavy atom. The van der Waals surface area contributed by atoms with Gasteiger partial charge in [-0.05, 0) is 50.0 Å². The summed E-state index contributed by atoms with van der Waals surface area (Å²) >= 11 is 0. The van der Waals surface area contributed by atoms with Gasteiger partial charge >= 0.3 is 0 Å². The van der Waals surface area contributed by atoms with Crippen LogP contribution >= 0.6 is 0 Å². The number of nitrogens with zero attached hydrogens (tertiary/aromatic N) is 1. The maximum absolute atomic E-state index is 7.90. The van der Waals surface area contributed by atoms with Crippen molar-refractivity contribution in [2.24, 2.45) is 4.99 Å². The smallest absolute Gasteiger partial charge is 0.0770 e. The van der Waals surface area contributed by atoms with Crippen LogP contribution in [-0.4, -0.2) is 17.0 Å². The van der Waals surface area contributed by atoms with Crippen molar-refractivity contribution in [3.05, 3.63) is 34.9 Å². The monoisotopic (exact) mass is 228 g/mol. The van der Waals surface area contributed by atoms with Crippen LogP contribution in [0.15, 0.2) is 39.9 Å². The molecule has 0 saturated heterocycles. The van der Waals surface area contributed by atoms with Crippen LogP contribution in [-0.2, 0) is 0 Å². The zero-order chi connectivity index (χ0) is 12.6. The van der Waals surface area contributed by atoms with Crippen LogP contribution in [0.3, 0.4) is 0 Å². The van der Waals surface area contributed by atoms with Gasteiger partial charge in [0.25, 0.3) is 0 Å². The van der Waals surface area contributed by atoms with Crippen LogP contribution in [0.25, 0.3) is 0 Å². The van der Waals surface area contributed by atoms with Crippen molar-refractivity contribution < 1.29 is 0 Å². The number of rotatable bonds is 2. The molecule has 0 fully saturated rings. The number of allylic oxidation sites excluding steroid dienone is 5. The molecular formula is C15H20N2. The van der Waals surface area contributed by atoms with Crippen LogP contribution < -0.4 is 0 Å². The third kappa shape index (κ3) is 2.04. The normalized spacial score (nSPS) is 27.9. The van der Waals surface area contributed by atoms with Gasteiger partial charge < -0.3 is 5.41 Å². The molecule has 0 aromatic rings. The summed E-state index contributed by atoms with van der Waals surface area (Å²) in [4.78, 5) is 4.84. The van der Waals surface area contributed by atoms with Crippen molar-refractivity contribution in [2.75, 3.05) is 0 Å². The molecule has 0 bridgehead atoms. The highest BCUT2D eigenvalue weighted by Gasteiger charge is 2.28. The Labute approximate surface area is 103 Å². The van der Waals surface area contributed by atoms with Gasteiger partial charge in [0.2, 0.25) is 0 Å². The lowest BCUT2D eigenvalue weighted by molar-refractivity contribution is 0.559. The Morgan fingerprint density at radius 3 is 2.59 bits per heavy atom. The van der Waals surface area contributed by atoms with E-state index in [0.717, 1.165) is 29.7 Å². The van der Waals surface area contributed by atoms with Gasteiger partial charge in [-0.25, -0.2) is 0 Å². The van der Waals surface area contributed by atoms with Crippen LogP contribution in [0, 0.1) is 5.41 Å². The van der Waals surface area contributed by atoms with Gasteiger partial charge in [-0.1, -0.05) is 19.9 Å². The first-order valence-corrected chi connectivity index (χ1v) is 6.30. The van der Waals surface area contributed by atoms with Crippen molar-refractivity contribution in [1.82, 2.24) is 0 Å². The fourth-order valence-electron chi connectivity index (χ4n) is 2.28. The number of hydrogen-bond acceptors (Lipinski definition) is 2. The molecular weight excluding hydrogens is 208 g/mol. The predicted molar refractivity (Wildman–Crippen MR) is 74.1 cm³/mol. The van der Waals surface area contributed by atoms with Crippen molar-refractivity contribution in [2.45, 2.75) is 46.1 Å². The SMILES string of the molecule is CCC1=CC(C)(CC)N=C2C=C(C)C(=N)C=C12. The van der Waals surface area contributed by atoms with Gasteiger partial charge in [-0.15, -0.1) is 0 Å². The average Bonchev–Trinajstić information content (AvgIpc) is 2.30. The molecule has 0 aromatic heterocycles. The minimum Gasteiger partial charge on any atom is -0.301 e. The third-order valence-corrected chi connectivity index (χ3v) is 3.65. The van der Waals surface area contributed by atoms with Gasteiger partial charge in [-0.3, -0.25) is 4.99 Å². The average molecular weight is 228 g/mol. The van der Waals surface area contributed by atoms with E-state index >= 15 is 0 Å². The minimum absolute atomic E-state index is 0.0751. The topological polar surface area (TPSA) is 36.2 Å². The van der Waals surface area contributed by atoms with Gasteiger partial charge in [0.1, 0.15) is 0 Å². The largest absolute Gasteiger partial charge is 0.301 e. The van der Waals surface area contributed by atoms with Gasteiger partial charge in [0.15, 0.2) is 0 Å². The molecule has 1 N–H and O–H groups in total. The zero-order valence-corrected chi connectivity index (χ0v) is 11.1. The van der Waals surface area contributed by atoms with Gasteiger partial charge in [-0.2, -0.15) is 0 Å². The summed E-state index contributed by atoms with van der Waals surface area (Å²) in [5.74, 6) is 0. The van der Waals surface area contributed by atoms with Gasteiger partial charge in [0, 0.05) is 5.57 Å². The molecule has 0 amide bonds. The molecule has 0 radical (unpaired) electrons. The van der Waals surface area contributed by atoms with E-state index < -0.39 is 0 Å². The van der Waals surface area contributed by atoms with E-state index in [0.29, 0.717) is 5.71 Å². The molecule has 1 unspecified atom stereocenters. The van der Waals surface area contributed by atoms with Crippen LogP contribution in [0.2, 0.25) is 0 Å². The quantitative estimate of drug-likeness (QED) is 0.697. The molecule has 1 aliphatic carbocycles. The molecule has 2 heteroatoms. The van der Waals surface area contributed by atoms with Crippen molar-refractivity contribution in [1.29, 1.82) is 5.41 Å². The summed E-state index contributed by atoms with van der Waals surface area (Å²) in [5.41, 5.74) is 5.07. The highest BCUT2D eigenvalue weighted by molar-refractivity contribution is 6.24. The Balaban J connectivity index is 2.54. The van der Waals surface area contributed by atoms with E-state index in [1.54, 1.807) is 0 Å². The van der Waals surface area contributed by atoms with E-state index in [2.05, 4.69) is 26.8 Å². The van der Waals surface area contributed by atoms with Crippen LogP contribution in [0.4, 0.5) is 0 Å². The number of fused-ring (bicyclic) bond motifs is 1. The predicted octanol–water partition coefficient (Wildman–Crippen LogP) is 3.85. The zero-order valence-electron chi connectivity index (χ0n) is 11.1. The van der Waals surface area contributed by atoms with E-state index in [1.165, 1.54) is 5.57 Å². The van der Waals surface area contributed by atoms with Crippen molar-refractivity contribution >= 4 is 11.4 Å². The summed E-state index contributed by atoms with van der Waals surface area (Å²) in [6.45, 7) is 8.49. The molecule has 0 aromatic carbocycles. The highest BCUT2D eigenvalue weighted by atomic mass is 14.9. The fourth-order valence-corrected chi connectivity index (χ4v) is 2.28. The minimum atomic E-state index is -0.0751. The van der Waals surface area contributed by atoms with E-state index in [1.807, 2.05) is 19.1 Å². The third-order valence-electron chi connectivity index (χ3n) is 3.65. The molecule has 2 nitrogen and oxygen atoms in total. The number of dihydropyridines is 1. The first-order chi connectivity index (χ1) is 7.99. The second-order valence-corrected chi connectivity index (χ2v) is 5.03. The fraction of sp³-hybridized carbons (Fsp3) is 0.467. The van der Waals surface area contributed by atoms with Crippen LogP contribution in [0.5, 0.6) is 0 Å². The molecule has 2 rings (SSSR count). The Morgan fingerprint density at radius 1 is 1.29 bits per heavy atom. The Hall–Kier alpha value is -1.44. The lowest BCUT2D eigenvalue weighted by atomic mass is 9.83. The standard InChI is InChI=1S/C15H20N2/c1-5-11-9-15(4,6-2)17-14-7-10(3)13(16)8-12(11)14/h7-9,16H,5-6H2,1-4H3. The molecule has 1 atom stereocenters. The maximum atomic E-state index is 7.90. The molecule has 90 valence electrons. The van der Waals surface area contributed by atoms with E-state index in [-0.39, 0.29) is 5.54 Å². The molecule has 0 spiro atoms. The van der Waals surface area contributed by atoms with E-state index in [9.17, 15) is 0 Å². The molecule has 2 aliphatic rings. The summed E-state index contributed by atoms with van der Waals surface area (Å²) < 4.78 is 0. The lowest BCUT2D eigenvalue weighted by Gasteiger charge is -2.30. The van der Waals surface area contributed by atoms with Gasteiger partial charge in [0.05, 0.1) is 17.0 Å². The molecule has 1 aliphatic heterocycles. The number of aliphatic imine (C=N–C) groups is 1. The number of nitrogens with one attached hydrogen (secondary N) is 1. The Kier molecular flexibility index (Phi) is 2.90. The summed E-state index contributed by atoms with van der Waals surface area (Å²) in [6.07, 6.45) is 8.29. The maximum Gasteiger partial charge on any atom is 0.0770 e. The second kappa shape index (κ2) is 4.10. The molecule has 0 saturated carbocycles. The number of hydrogen-bond donors (Lipinski definition) is 1. The lowest BCUT2D eigenvalue weighted by Crippen LogP contribution is -2.28. The van der Waals surface area contributed by atoms with Crippen molar-refractivity contribution in [3.8, 4) is 0 Å². The molecule has 17 heavy (non-hydrogen) atoms. The second-order valence-electron chi connectivity index (χ2n) is 5.03.